The van der Waals surface area contributed by atoms with E-state index in [9.17, 15) is 27.2 Å². The summed E-state index contributed by atoms with van der Waals surface area (Å²) in [7, 11) is 0. The van der Waals surface area contributed by atoms with Gasteiger partial charge in [0.1, 0.15) is 23.7 Å². The maximum atomic E-state index is 13.4. The Balaban J connectivity index is 1.29. The molecule has 0 atom stereocenters. The molecule has 7 nitrogen and oxygen atoms in total. The van der Waals surface area contributed by atoms with Crippen LogP contribution in [0.25, 0.3) is 0 Å². The second kappa shape index (κ2) is 10.9. The topological polar surface area (TPSA) is 93.2 Å². The molecule has 0 unspecified atom stereocenters. The third kappa shape index (κ3) is 7.25. The van der Waals surface area contributed by atoms with Crippen molar-refractivity contribution >= 4 is 23.3 Å². The zero-order valence-corrected chi connectivity index (χ0v) is 19.9. The number of halogens is 4. The molecule has 3 aromatic rings. The van der Waals surface area contributed by atoms with Crippen LogP contribution >= 0.6 is 0 Å². The first kappa shape index (κ1) is 26.1. The smallest absolute Gasteiger partial charge is 0.419 e. The summed E-state index contributed by atoms with van der Waals surface area (Å²) in [5, 5.41) is 5.50. The summed E-state index contributed by atoms with van der Waals surface area (Å²) in [6.45, 7) is 1.78. The van der Waals surface area contributed by atoms with Crippen molar-refractivity contribution in [2.24, 2.45) is 5.92 Å². The van der Waals surface area contributed by atoms with E-state index in [1.807, 2.05) is 0 Å². The van der Waals surface area contributed by atoms with Crippen molar-refractivity contribution < 1.29 is 31.9 Å². The number of hydrogen-bond donors (Lipinski definition) is 2. The molecule has 0 saturated heterocycles. The first-order valence-corrected chi connectivity index (χ1v) is 11.7. The molecule has 0 spiro atoms. The largest absolute Gasteiger partial charge is 0.439 e. The van der Waals surface area contributed by atoms with Gasteiger partial charge in [-0.25, -0.2) is 14.4 Å². The lowest BCUT2D eigenvalue weighted by atomic mass is 10.0. The average Bonchev–Trinajstić information content (AvgIpc) is 3.67. The fourth-order valence-electron chi connectivity index (χ4n) is 3.61. The van der Waals surface area contributed by atoms with Crippen LogP contribution in [0, 0.1) is 18.7 Å². The van der Waals surface area contributed by atoms with E-state index in [1.165, 1.54) is 18.5 Å². The highest BCUT2D eigenvalue weighted by atomic mass is 19.4. The maximum Gasteiger partial charge on any atom is 0.419 e. The number of hydrogen-bond acceptors (Lipinski definition) is 5. The number of benzene rings is 2. The van der Waals surface area contributed by atoms with Crippen molar-refractivity contribution in [1.29, 1.82) is 0 Å². The SMILES string of the molecule is Cc1cc(Oc2cc(NC(=O)C3CC3)ncn2)ccc1NC(=O)CCCc1ccc(F)c(C(F)(F)F)c1. The Morgan fingerprint density at radius 3 is 2.54 bits per heavy atom. The molecule has 1 fully saturated rings. The molecule has 194 valence electrons. The van der Waals surface area contributed by atoms with E-state index in [4.69, 9.17) is 4.74 Å². The lowest BCUT2D eigenvalue weighted by molar-refractivity contribution is -0.140. The van der Waals surface area contributed by atoms with Crippen LogP contribution < -0.4 is 15.4 Å². The van der Waals surface area contributed by atoms with E-state index in [-0.39, 0.29) is 36.5 Å². The Bertz CT molecular complexity index is 1310. The van der Waals surface area contributed by atoms with Gasteiger partial charge in [-0.3, -0.25) is 9.59 Å². The molecule has 2 amide bonds. The Hall–Kier alpha value is -4.02. The molecule has 2 aromatic carbocycles. The highest BCUT2D eigenvalue weighted by molar-refractivity contribution is 5.93. The van der Waals surface area contributed by atoms with Crippen molar-refractivity contribution in [2.75, 3.05) is 10.6 Å². The van der Waals surface area contributed by atoms with Crippen LogP contribution in [0.3, 0.4) is 0 Å². The van der Waals surface area contributed by atoms with Crippen LogP contribution in [0.1, 0.15) is 42.4 Å². The summed E-state index contributed by atoms with van der Waals surface area (Å²) < 4.78 is 57.8. The predicted molar refractivity (Wildman–Crippen MR) is 128 cm³/mol. The van der Waals surface area contributed by atoms with E-state index in [0.717, 1.165) is 30.5 Å². The fourth-order valence-corrected chi connectivity index (χ4v) is 3.61. The molecule has 4 rings (SSSR count). The molecule has 0 aliphatic heterocycles. The van der Waals surface area contributed by atoms with Crippen LogP contribution in [-0.4, -0.2) is 21.8 Å². The number of amides is 2. The Morgan fingerprint density at radius 2 is 1.84 bits per heavy atom. The van der Waals surface area contributed by atoms with Crippen LogP contribution in [0.4, 0.5) is 29.1 Å². The third-order valence-electron chi connectivity index (χ3n) is 5.74. The Morgan fingerprint density at radius 1 is 1.05 bits per heavy atom. The van der Waals surface area contributed by atoms with Crippen molar-refractivity contribution in [2.45, 2.75) is 45.2 Å². The number of aromatic nitrogens is 2. The fraction of sp³-hybridized carbons (Fsp3) is 0.308. The van der Waals surface area contributed by atoms with E-state index in [1.54, 1.807) is 25.1 Å². The standard InChI is InChI=1S/C26H24F4N4O3/c1-15-11-18(37-24-13-22(31-14-32-24)34-25(36)17-6-7-17)8-10-21(15)33-23(35)4-2-3-16-5-9-20(27)19(12-16)26(28,29)30/h5,8-14,17H,2-4,6-7H2,1H3,(H,33,35)(H,31,32,34,36). The van der Waals surface area contributed by atoms with Gasteiger partial charge in [-0.2, -0.15) is 13.2 Å². The second-order valence-corrected chi connectivity index (χ2v) is 8.80. The Kier molecular flexibility index (Phi) is 7.70. The number of rotatable bonds is 9. The lowest BCUT2D eigenvalue weighted by Gasteiger charge is -2.12. The van der Waals surface area contributed by atoms with Crippen molar-refractivity contribution in [3.8, 4) is 11.6 Å². The summed E-state index contributed by atoms with van der Waals surface area (Å²) in [6.07, 6.45) is -1.17. The minimum absolute atomic E-state index is 0.0369. The van der Waals surface area contributed by atoms with Gasteiger partial charge in [0, 0.05) is 24.1 Å². The van der Waals surface area contributed by atoms with Gasteiger partial charge < -0.3 is 15.4 Å². The van der Waals surface area contributed by atoms with Gasteiger partial charge in [0.15, 0.2) is 0 Å². The molecule has 0 bridgehead atoms. The molecule has 1 aliphatic rings. The van der Waals surface area contributed by atoms with E-state index >= 15 is 0 Å². The highest BCUT2D eigenvalue weighted by Gasteiger charge is 2.34. The number of aryl methyl sites for hydroxylation is 2. The van der Waals surface area contributed by atoms with Gasteiger partial charge in [0.25, 0.3) is 0 Å². The summed E-state index contributed by atoms with van der Waals surface area (Å²) >= 11 is 0. The monoisotopic (exact) mass is 516 g/mol. The molecule has 2 N–H and O–H groups in total. The normalized spacial score (nSPS) is 13.2. The zero-order valence-electron chi connectivity index (χ0n) is 19.9. The van der Waals surface area contributed by atoms with Gasteiger partial charge >= 0.3 is 6.18 Å². The summed E-state index contributed by atoms with van der Waals surface area (Å²) in [5.41, 5.74) is 0.266. The first-order valence-electron chi connectivity index (χ1n) is 11.7. The number of nitrogens with zero attached hydrogens (tertiary/aromatic N) is 2. The zero-order chi connectivity index (χ0) is 26.6. The van der Waals surface area contributed by atoms with Gasteiger partial charge in [0.2, 0.25) is 17.7 Å². The minimum Gasteiger partial charge on any atom is -0.439 e. The predicted octanol–water partition coefficient (Wildman–Crippen LogP) is 6.05. The Labute approximate surface area is 210 Å². The molecule has 0 radical (unpaired) electrons. The highest BCUT2D eigenvalue weighted by Crippen LogP contribution is 2.33. The van der Waals surface area contributed by atoms with E-state index in [0.29, 0.717) is 29.2 Å². The summed E-state index contributed by atoms with van der Waals surface area (Å²) in [6, 6.07) is 9.38. The molecule has 1 heterocycles. The van der Waals surface area contributed by atoms with Crippen LogP contribution in [0.5, 0.6) is 11.6 Å². The van der Waals surface area contributed by atoms with Crippen LogP contribution in [-0.2, 0) is 22.2 Å². The summed E-state index contributed by atoms with van der Waals surface area (Å²) in [5.74, 6) is -0.617. The number of nitrogens with one attached hydrogen (secondary N) is 2. The molecule has 1 aliphatic carbocycles. The average molecular weight is 516 g/mol. The van der Waals surface area contributed by atoms with Crippen LogP contribution in [0.2, 0.25) is 0 Å². The van der Waals surface area contributed by atoms with Gasteiger partial charge in [0.05, 0.1) is 5.56 Å². The number of anilines is 2. The lowest BCUT2D eigenvalue weighted by Crippen LogP contribution is -2.14. The molecule has 37 heavy (non-hydrogen) atoms. The number of alkyl halides is 3. The number of carbonyl (C=O) groups excluding carboxylic acids is 2. The van der Waals surface area contributed by atoms with Crippen molar-refractivity contribution in [3.63, 3.8) is 0 Å². The molecule has 11 heteroatoms. The maximum absolute atomic E-state index is 13.4. The molecular weight excluding hydrogens is 492 g/mol. The van der Waals surface area contributed by atoms with Gasteiger partial charge in [-0.1, -0.05) is 6.07 Å². The first-order chi connectivity index (χ1) is 17.6. The van der Waals surface area contributed by atoms with Gasteiger partial charge in [-0.15, -0.1) is 0 Å². The van der Waals surface area contributed by atoms with Crippen molar-refractivity contribution in [3.05, 3.63) is 71.3 Å². The van der Waals surface area contributed by atoms with Crippen molar-refractivity contribution in [1.82, 2.24) is 9.97 Å². The minimum atomic E-state index is -4.77. The van der Waals surface area contributed by atoms with E-state index in [2.05, 4.69) is 20.6 Å². The van der Waals surface area contributed by atoms with Gasteiger partial charge in [-0.05, 0) is 74.1 Å². The molecule has 1 saturated carbocycles. The molecule has 1 aromatic heterocycles. The number of ether oxygens (including phenoxy) is 1. The van der Waals surface area contributed by atoms with Crippen LogP contribution in [0.15, 0.2) is 48.8 Å². The quantitative estimate of drug-likeness (QED) is 0.338. The summed E-state index contributed by atoms with van der Waals surface area (Å²) in [4.78, 5) is 32.3. The third-order valence-corrected chi connectivity index (χ3v) is 5.74. The second-order valence-electron chi connectivity index (χ2n) is 8.80. The number of carbonyl (C=O) groups is 2. The molecular formula is C26H24F4N4O3. The van der Waals surface area contributed by atoms with E-state index < -0.39 is 17.6 Å².